The predicted molar refractivity (Wildman–Crippen MR) is 63.1 cm³/mol. The van der Waals surface area contributed by atoms with E-state index < -0.39 is 20.7 Å². The van der Waals surface area contributed by atoms with Gasteiger partial charge in [0.2, 0.25) is 10.0 Å². The molecule has 0 fully saturated rings. The van der Waals surface area contributed by atoms with E-state index in [0.29, 0.717) is 0 Å². The van der Waals surface area contributed by atoms with E-state index in [2.05, 4.69) is 0 Å². The van der Waals surface area contributed by atoms with Crippen LogP contribution < -0.4 is 14.6 Å². The molecule has 1 aromatic rings. The van der Waals surface area contributed by atoms with Gasteiger partial charge in [-0.15, -0.1) is 0 Å². The Labute approximate surface area is 104 Å². The van der Waals surface area contributed by atoms with E-state index in [9.17, 15) is 18.5 Å². The van der Waals surface area contributed by atoms with Crippen LogP contribution in [0.2, 0.25) is 0 Å². The second kappa shape index (κ2) is 5.65. The Morgan fingerprint density at radius 2 is 2.06 bits per heavy atom. The zero-order valence-electron chi connectivity index (χ0n) is 9.53. The maximum atomic E-state index is 10.7. The number of nitrogens with two attached hydrogens (primary N) is 1. The highest BCUT2D eigenvalue weighted by Gasteiger charge is 2.13. The smallest absolute Gasteiger partial charge is 0.273 e. The molecule has 0 saturated carbocycles. The van der Waals surface area contributed by atoms with E-state index in [-0.39, 0.29) is 23.8 Å². The van der Waals surface area contributed by atoms with Crippen molar-refractivity contribution in [1.82, 2.24) is 0 Å². The predicted octanol–water partition coefficient (Wildman–Crippen LogP) is 0.271. The average molecular weight is 276 g/mol. The van der Waals surface area contributed by atoms with Gasteiger partial charge >= 0.3 is 0 Å². The quantitative estimate of drug-likeness (QED) is 0.587. The number of hydrogen-bond donors (Lipinski definition) is 1. The molecule has 18 heavy (non-hydrogen) atoms. The summed E-state index contributed by atoms with van der Waals surface area (Å²) in [6.45, 7) is -0.212. The summed E-state index contributed by atoms with van der Waals surface area (Å²) in [6.07, 6.45) is 0. The van der Waals surface area contributed by atoms with Crippen molar-refractivity contribution < 1.29 is 22.8 Å². The van der Waals surface area contributed by atoms with E-state index in [1.54, 1.807) is 0 Å². The normalized spacial score (nSPS) is 11.0. The van der Waals surface area contributed by atoms with Crippen LogP contribution in [0.25, 0.3) is 0 Å². The lowest BCUT2D eigenvalue weighted by Crippen LogP contribution is -2.21. The molecular weight excluding hydrogens is 264 g/mol. The first-order valence-corrected chi connectivity index (χ1v) is 6.51. The Morgan fingerprint density at radius 3 is 2.56 bits per heavy atom. The van der Waals surface area contributed by atoms with Crippen LogP contribution in [0.15, 0.2) is 18.2 Å². The molecule has 1 aromatic carbocycles. The Hall–Kier alpha value is -1.87. The SMILES string of the molecule is COc1ccc([N+](=O)[O-])cc1OCCS(N)(=O)=O. The van der Waals surface area contributed by atoms with Crippen molar-refractivity contribution in [2.45, 2.75) is 0 Å². The first-order chi connectivity index (χ1) is 8.33. The summed E-state index contributed by atoms with van der Waals surface area (Å²) in [6, 6.07) is 3.78. The zero-order chi connectivity index (χ0) is 13.8. The van der Waals surface area contributed by atoms with Gasteiger partial charge in [0.1, 0.15) is 6.61 Å². The number of sulfonamides is 1. The average Bonchev–Trinajstić information content (AvgIpc) is 2.27. The number of methoxy groups -OCH3 is 1. The summed E-state index contributed by atoms with van der Waals surface area (Å²) < 4.78 is 31.5. The molecule has 9 heteroatoms. The summed E-state index contributed by atoms with van der Waals surface area (Å²) in [4.78, 5) is 9.99. The third kappa shape index (κ3) is 4.18. The van der Waals surface area contributed by atoms with Gasteiger partial charge in [0.15, 0.2) is 11.5 Å². The Bertz CT molecular complexity index is 542. The van der Waals surface area contributed by atoms with Crippen molar-refractivity contribution in [2.24, 2.45) is 5.14 Å². The summed E-state index contributed by atoms with van der Waals surface area (Å²) >= 11 is 0. The molecule has 0 spiro atoms. The van der Waals surface area contributed by atoms with Crippen molar-refractivity contribution in [3.05, 3.63) is 28.3 Å². The first-order valence-electron chi connectivity index (χ1n) is 4.79. The van der Waals surface area contributed by atoms with Crippen molar-refractivity contribution in [3.63, 3.8) is 0 Å². The second-order valence-electron chi connectivity index (χ2n) is 3.31. The fraction of sp³-hybridized carbons (Fsp3) is 0.333. The number of hydrogen-bond acceptors (Lipinski definition) is 6. The van der Waals surface area contributed by atoms with Gasteiger partial charge in [-0.25, -0.2) is 13.6 Å². The molecule has 0 bridgehead atoms. The minimum Gasteiger partial charge on any atom is -0.493 e. The van der Waals surface area contributed by atoms with E-state index >= 15 is 0 Å². The monoisotopic (exact) mass is 276 g/mol. The third-order valence-electron chi connectivity index (χ3n) is 1.98. The number of nitro groups is 1. The topological polar surface area (TPSA) is 122 Å². The molecule has 8 nitrogen and oxygen atoms in total. The van der Waals surface area contributed by atoms with E-state index in [1.807, 2.05) is 0 Å². The third-order valence-corrected chi connectivity index (χ3v) is 2.72. The molecule has 0 amide bonds. The van der Waals surface area contributed by atoms with Gasteiger partial charge in [-0.05, 0) is 6.07 Å². The Kier molecular flexibility index (Phi) is 4.45. The minimum atomic E-state index is -3.64. The summed E-state index contributed by atoms with van der Waals surface area (Å²) in [5.41, 5.74) is -0.179. The summed E-state index contributed by atoms with van der Waals surface area (Å²) in [5, 5.41) is 15.4. The molecule has 100 valence electrons. The molecule has 0 radical (unpaired) electrons. The molecule has 2 N–H and O–H groups in total. The standard InChI is InChI=1S/C9H12N2O6S/c1-16-8-3-2-7(11(12)13)6-9(8)17-4-5-18(10,14)15/h2-3,6H,4-5H2,1H3,(H2,10,14,15). The largest absolute Gasteiger partial charge is 0.493 e. The zero-order valence-corrected chi connectivity index (χ0v) is 10.3. The van der Waals surface area contributed by atoms with E-state index in [0.717, 1.165) is 6.07 Å². The number of benzene rings is 1. The molecule has 0 unspecified atom stereocenters. The van der Waals surface area contributed by atoms with Crippen molar-refractivity contribution in [2.75, 3.05) is 19.5 Å². The van der Waals surface area contributed by atoms with Crippen molar-refractivity contribution >= 4 is 15.7 Å². The molecule has 0 saturated heterocycles. The lowest BCUT2D eigenvalue weighted by Gasteiger charge is -2.09. The number of rotatable bonds is 6. The van der Waals surface area contributed by atoms with Crippen LogP contribution in [0.4, 0.5) is 5.69 Å². The maximum Gasteiger partial charge on any atom is 0.273 e. The van der Waals surface area contributed by atoms with Crippen LogP contribution in [0.5, 0.6) is 11.5 Å². The Morgan fingerprint density at radius 1 is 1.39 bits per heavy atom. The molecule has 1 rings (SSSR count). The molecule has 0 atom stereocenters. The van der Waals surface area contributed by atoms with Gasteiger partial charge in [0, 0.05) is 6.07 Å². The first kappa shape index (κ1) is 14.2. The van der Waals surface area contributed by atoms with Crippen molar-refractivity contribution in [3.8, 4) is 11.5 Å². The second-order valence-corrected chi connectivity index (χ2v) is 5.04. The van der Waals surface area contributed by atoms with Crippen LogP contribution in [0.3, 0.4) is 0 Å². The summed E-state index contributed by atoms with van der Waals surface area (Å²) in [5.74, 6) is -0.0240. The molecule has 0 aliphatic rings. The number of primary sulfonamides is 1. The van der Waals surface area contributed by atoms with Crippen LogP contribution in [0.1, 0.15) is 0 Å². The number of nitrogens with zero attached hydrogens (tertiary/aromatic N) is 1. The molecule has 0 aliphatic heterocycles. The lowest BCUT2D eigenvalue weighted by atomic mass is 10.3. The fourth-order valence-corrected chi connectivity index (χ4v) is 1.48. The minimum absolute atomic E-state index is 0.0929. The van der Waals surface area contributed by atoms with Gasteiger partial charge in [0.05, 0.1) is 23.9 Å². The number of nitro benzene ring substituents is 1. The van der Waals surface area contributed by atoms with Crippen LogP contribution in [-0.4, -0.2) is 32.8 Å². The molecular formula is C9H12N2O6S. The van der Waals surface area contributed by atoms with E-state index in [4.69, 9.17) is 14.6 Å². The van der Waals surface area contributed by atoms with Crippen molar-refractivity contribution in [1.29, 1.82) is 0 Å². The van der Waals surface area contributed by atoms with Crippen LogP contribution in [-0.2, 0) is 10.0 Å². The highest BCUT2D eigenvalue weighted by atomic mass is 32.2. The molecule has 0 aliphatic carbocycles. The fourth-order valence-electron chi connectivity index (χ4n) is 1.16. The van der Waals surface area contributed by atoms with E-state index in [1.165, 1.54) is 19.2 Å². The maximum absolute atomic E-state index is 10.7. The Balaban J connectivity index is 2.85. The number of ether oxygens (including phenoxy) is 2. The van der Waals surface area contributed by atoms with Gasteiger partial charge < -0.3 is 9.47 Å². The lowest BCUT2D eigenvalue weighted by molar-refractivity contribution is -0.385. The van der Waals surface area contributed by atoms with Gasteiger partial charge in [-0.2, -0.15) is 0 Å². The van der Waals surface area contributed by atoms with Crippen LogP contribution >= 0.6 is 0 Å². The van der Waals surface area contributed by atoms with Gasteiger partial charge in [-0.3, -0.25) is 10.1 Å². The summed E-state index contributed by atoms with van der Waals surface area (Å²) in [7, 11) is -2.27. The highest BCUT2D eigenvalue weighted by molar-refractivity contribution is 7.89. The highest BCUT2D eigenvalue weighted by Crippen LogP contribution is 2.30. The van der Waals surface area contributed by atoms with Gasteiger partial charge in [-0.1, -0.05) is 0 Å². The molecule has 0 heterocycles. The molecule has 0 aromatic heterocycles. The van der Waals surface area contributed by atoms with Gasteiger partial charge in [0.25, 0.3) is 5.69 Å². The van der Waals surface area contributed by atoms with Crippen LogP contribution in [0, 0.1) is 10.1 Å². The number of non-ortho nitro benzene ring substituents is 1.